The van der Waals surface area contributed by atoms with Crippen molar-refractivity contribution in [1.29, 1.82) is 0 Å². The highest BCUT2D eigenvalue weighted by Gasteiger charge is 2.28. The molecule has 1 heterocycles. The minimum atomic E-state index is -0.812. The Morgan fingerprint density at radius 2 is 2.00 bits per heavy atom. The number of carbonyl (C=O) groups is 1. The molecule has 1 atom stereocenters. The number of hydrogen-bond acceptors (Lipinski definition) is 2. The largest absolute Gasteiger partial charge is 0.352 e. The first-order valence-electron chi connectivity index (χ1n) is 8.08. The van der Waals surface area contributed by atoms with Crippen LogP contribution in [0.1, 0.15) is 37.7 Å². The Bertz CT molecular complexity index is 545. The molecule has 1 aromatic rings. The van der Waals surface area contributed by atoms with E-state index in [0.717, 1.165) is 50.8 Å². The van der Waals surface area contributed by atoms with Crippen LogP contribution in [0.3, 0.4) is 0 Å². The maximum absolute atomic E-state index is 13.3. The lowest BCUT2D eigenvalue weighted by Crippen LogP contribution is -2.49. The van der Waals surface area contributed by atoms with Gasteiger partial charge in [0.25, 0.3) is 0 Å². The zero-order valence-corrected chi connectivity index (χ0v) is 12.7. The predicted molar refractivity (Wildman–Crippen MR) is 80.1 cm³/mol. The quantitative estimate of drug-likeness (QED) is 0.927. The van der Waals surface area contributed by atoms with Crippen molar-refractivity contribution in [3.8, 4) is 0 Å². The number of piperidine rings is 1. The van der Waals surface area contributed by atoms with Crippen molar-refractivity contribution >= 4 is 5.91 Å². The van der Waals surface area contributed by atoms with Gasteiger partial charge in [0.2, 0.25) is 5.91 Å². The molecule has 3 nitrogen and oxygen atoms in total. The number of likely N-dealkylation sites (tertiary alicyclic amines) is 1. The van der Waals surface area contributed by atoms with E-state index in [4.69, 9.17) is 0 Å². The molecule has 0 radical (unpaired) electrons. The summed E-state index contributed by atoms with van der Waals surface area (Å²) in [5, 5.41) is 3.14. The predicted octanol–water partition coefficient (Wildman–Crippen LogP) is 2.85. The molecule has 5 heteroatoms. The van der Waals surface area contributed by atoms with E-state index in [1.165, 1.54) is 12.1 Å². The van der Waals surface area contributed by atoms with Gasteiger partial charge in [0.05, 0.1) is 0 Å². The molecule has 1 unspecified atom stereocenters. The van der Waals surface area contributed by atoms with Gasteiger partial charge in [-0.05, 0) is 49.9 Å². The number of hydrogen-bond donors (Lipinski definition) is 1. The van der Waals surface area contributed by atoms with Gasteiger partial charge in [0.1, 0.15) is 0 Å². The molecular formula is C17H22F2N2O. The lowest BCUT2D eigenvalue weighted by atomic mass is 9.84. The highest BCUT2D eigenvalue weighted by Crippen LogP contribution is 2.26. The van der Waals surface area contributed by atoms with Gasteiger partial charge in [0.15, 0.2) is 11.6 Å². The number of rotatable bonds is 4. The van der Waals surface area contributed by atoms with E-state index in [9.17, 15) is 13.6 Å². The Morgan fingerprint density at radius 3 is 2.68 bits per heavy atom. The van der Waals surface area contributed by atoms with E-state index in [2.05, 4.69) is 10.2 Å². The molecule has 1 aliphatic carbocycles. The first-order chi connectivity index (χ1) is 10.6. The molecule has 2 fully saturated rings. The lowest BCUT2D eigenvalue weighted by Gasteiger charge is -2.35. The zero-order chi connectivity index (χ0) is 15.5. The number of nitrogens with zero attached hydrogens (tertiary/aromatic N) is 1. The Morgan fingerprint density at radius 1 is 1.18 bits per heavy atom. The van der Waals surface area contributed by atoms with Crippen LogP contribution in [0.5, 0.6) is 0 Å². The first-order valence-corrected chi connectivity index (χ1v) is 8.08. The fraction of sp³-hybridized carbons (Fsp3) is 0.588. The third-order valence-corrected chi connectivity index (χ3v) is 4.72. The van der Waals surface area contributed by atoms with E-state index in [1.807, 2.05) is 0 Å². The van der Waals surface area contributed by atoms with E-state index < -0.39 is 11.6 Å². The summed E-state index contributed by atoms with van der Waals surface area (Å²) in [6.07, 6.45) is 5.19. The summed E-state index contributed by atoms with van der Waals surface area (Å²) in [6, 6.07) is 4.22. The minimum absolute atomic E-state index is 0.173. The number of benzene rings is 1. The third-order valence-electron chi connectivity index (χ3n) is 4.72. The van der Waals surface area contributed by atoms with Crippen molar-refractivity contribution in [3.63, 3.8) is 0 Å². The smallest absolute Gasteiger partial charge is 0.223 e. The molecule has 1 saturated heterocycles. The van der Waals surface area contributed by atoms with Crippen LogP contribution < -0.4 is 5.32 Å². The minimum Gasteiger partial charge on any atom is -0.352 e. The van der Waals surface area contributed by atoms with Crippen LogP contribution in [0.25, 0.3) is 0 Å². The molecular weight excluding hydrogens is 286 g/mol. The molecule has 1 saturated carbocycles. The highest BCUT2D eigenvalue weighted by molar-refractivity contribution is 5.79. The molecule has 0 aromatic heterocycles. The SMILES string of the molecule is O=C(NC1CCCN(Cc2ccc(F)c(F)c2)C1)C1CCC1. The zero-order valence-electron chi connectivity index (χ0n) is 12.7. The van der Waals surface area contributed by atoms with Crippen LogP contribution >= 0.6 is 0 Å². The molecule has 0 bridgehead atoms. The summed E-state index contributed by atoms with van der Waals surface area (Å²) >= 11 is 0. The molecule has 3 rings (SSSR count). The normalized spacial score (nSPS) is 23.1. The Labute approximate surface area is 129 Å². The van der Waals surface area contributed by atoms with Crippen molar-refractivity contribution in [2.24, 2.45) is 5.92 Å². The van der Waals surface area contributed by atoms with Crippen LogP contribution in [0, 0.1) is 17.6 Å². The fourth-order valence-corrected chi connectivity index (χ4v) is 3.20. The van der Waals surface area contributed by atoms with Gasteiger partial charge < -0.3 is 5.32 Å². The number of nitrogens with one attached hydrogen (secondary N) is 1. The summed E-state index contributed by atoms with van der Waals surface area (Å²) in [4.78, 5) is 14.2. The second-order valence-electron chi connectivity index (χ2n) is 6.46. The van der Waals surface area contributed by atoms with Crippen LogP contribution in [0.15, 0.2) is 18.2 Å². The van der Waals surface area contributed by atoms with Gasteiger partial charge in [-0.3, -0.25) is 9.69 Å². The summed E-state index contributed by atoms with van der Waals surface area (Å²) < 4.78 is 26.2. The summed E-state index contributed by atoms with van der Waals surface area (Å²) in [6.45, 7) is 2.29. The lowest BCUT2D eigenvalue weighted by molar-refractivity contribution is -0.128. The molecule has 0 spiro atoms. The maximum Gasteiger partial charge on any atom is 0.223 e. The summed E-state index contributed by atoms with van der Waals surface area (Å²) in [7, 11) is 0. The van der Waals surface area contributed by atoms with Gasteiger partial charge >= 0.3 is 0 Å². The number of halogens is 2. The standard InChI is InChI=1S/C17H22F2N2O/c18-15-7-6-12(9-16(15)19)10-21-8-2-5-14(11-21)20-17(22)13-3-1-4-13/h6-7,9,13-14H,1-5,8,10-11H2,(H,20,22). The molecule has 1 aliphatic heterocycles. The molecule has 1 aromatic carbocycles. The van der Waals surface area contributed by atoms with Crippen molar-refractivity contribution in [3.05, 3.63) is 35.4 Å². The van der Waals surface area contributed by atoms with Gasteiger partial charge in [-0.15, -0.1) is 0 Å². The molecule has 120 valence electrons. The second-order valence-corrected chi connectivity index (χ2v) is 6.46. The van der Waals surface area contributed by atoms with Crippen molar-refractivity contribution in [2.75, 3.05) is 13.1 Å². The average molecular weight is 308 g/mol. The Hall–Kier alpha value is -1.49. The van der Waals surface area contributed by atoms with E-state index in [1.54, 1.807) is 6.07 Å². The Balaban J connectivity index is 1.53. The Kier molecular flexibility index (Phi) is 4.71. The second kappa shape index (κ2) is 6.73. The van der Waals surface area contributed by atoms with Crippen molar-refractivity contribution in [1.82, 2.24) is 10.2 Å². The monoisotopic (exact) mass is 308 g/mol. The van der Waals surface area contributed by atoms with Gasteiger partial charge in [0, 0.05) is 25.0 Å². The van der Waals surface area contributed by atoms with Crippen LogP contribution in [-0.4, -0.2) is 29.9 Å². The van der Waals surface area contributed by atoms with Crippen LogP contribution in [0.2, 0.25) is 0 Å². The van der Waals surface area contributed by atoms with Crippen LogP contribution in [-0.2, 0) is 11.3 Å². The summed E-state index contributed by atoms with van der Waals surface area (Å²) in [5.41, 5.74) is 0.768. The van der Waals surface area contributed by atoms with Gasteiger partial charge in [-0.2, -0.15) is 0 Å². The average Bonchev–Trinajstić information content (AvgIpc) is 2.41. The fourth-order valence-electron chi connectivity index (χ4n) is 3.20. The maximum atomic E-state index is 13.3. The molecule has 22 heavy (non-hydrogen) atoms. The highest BCUT2D eigenvalue weighted by atomic mass is 19.2. The van der Waals surface area contributed by atoms with Crippen molar-refractivity contribution in [2.45, 2.75) is 44.7 Å². The van der Waals surface area contributed by atoms with Crippen LogP contribution in [0.4, 0.5) is 8.78 Å². The molecule has 1 N–H and O–H groups in total. The first kappa shape index (κ1) is 15.4. The van der Waals surface area contributed by atoms with Gasteiger partial charge in [-0.25, -0.2) is 8.78 Å². The van der Waals surface area contributed by atoms with E-state index >= 15 is 0 Å². The molecule has 2 aliphatic rings. The number of carbonyl (C=O) groups excluding carboxylic acids is 1. The topological polar surface area (TPSA) is 32.3 Å². The van der Waals surface area contributed by atoms with E-state index in [-0.39, 0.29) is 17.9 Å². The van der Waals surface area contributed by atoms with Gasteiger partial charge in [-0.1, -0.05) is 12.5 Å². The van der Waals surface area contributed by atoms with Crippen molar-refractivity contribution < 1.29 is 13.6 Å². The summed E-state index contributed by atoms with van der Waals surface area (Å²) in [5.74, 6) is -1.22. The number of amides is 1. The molecule has 1 amide bonds. The van der Waals surface area contributed by atoms with E-state index in [0.29, 0.717) is 6.54 Å². The third kappa shape index (κ3) is 3.64.